The second-order valence-corrected chi connectivity index (χ2v) is 5.36. The second kappa shape index (κ2) is 6.95. The fourth-order valence-electron chi connectivity index (χ4n) is 2.89. The molecule has 1 aliphatic rings. The molecule has 2 rings (SSSR count). The number of benzene rings is 1. The van der Waals surface area contributed by atoms with Crippen LogP contribution in [0.1, 0.15) is 33.1 Å². The van der Waals surface area contributed by atoms with Gasteiger partial charge in [-0.05, 0) is 50.6 Å². The molecule has 0 radical (unpaired) electrons. The van der Waals surface area contributed by atoms with Gasteiger partial charge in [0.2, 0.25) is 0 Å². The van der Waals surface area contributed by atoms with Crippen LogP contribution in [0.2, 0.25) is 0 Å². The molecule has 2 unspecified atom stereocenters. The molecule has 0 aliphatic heterocycles. The van der Waals surface area contributed by atoms with Crippen molar-refractivity contribution in [1.29, 1.82) is 0 Å². The molecule has 1 fully saturated rings. The summed E-state index contributed by atoms with van der Waals surface area (Å²) in [5.41, 5.74) is -0.162. The highest BCUT2D eigenvalue weighted by atomic mass is 16.5. The Morgan fingerprint density at radius 2 is 1.95 bits per heavy atom. The quantitative estimate of drug-likeness (QED) is 0.804. The third-order valence-electron chi connectivity index (χ3n) is 3.86. The topological polar surface area (TPSA) is 50.7 Å². The summed E-state index contributed by atoms with van der Waals surface area (Å²) in [5.74, 6) is 1.73. The average Bonchev–Trinajstić information content (AvgIpc) is 2.85. The summed E-state index contributed by atoms with van der Waals surface area (Å²) >= 11 is 0. The molecule has 0 spiro atoms. The van der Waals surface area contributed by atoms with Gasteiger partial charge in [-0.3, -0.25) is 0 Å². The van der Waals surface area contributed by atoms with Gasteiger partial charge in [-0.2, -0.15) is 0 Å². The van der Waals surface area contributed by atoms with Gasteiger partial charge in [0.1, 0.15) is 17.6 Å². The molecule has 2 atom stereocenters. The van der Waals surface area contributed by atoms with Crippen LogP contribution in [0.5, 0.6) is 11.5 Å². The van der Waals surface area contributed by atoms with Crippen molar-refractivity contribution in [3.63, 3.8) is 0 Å². The molecule has 0 heterocycles. The summed E-state index contributed by atoms with van der Waals surface area (Å²) in [6.07, 6.45) is 2.95. The molecule has 0 bridgehead atoms. The van der Waals surface area contributed by atoms with E-state index in [9.17, 15) is 5.11 Å². The van der Waals surface area contributed by atoms with Crippen LogP contribution in [0, 0.1) is 0 Å². The molecule has 1 aliphatic carbocycles. The first kappa shape index (κ1) is 15.1. The molecular weight excluding hydrogens is 254 g/mol. The average molecular weight is 279 g/mol. The van der Waals surface area contributed by atoms with E-state index in [2.05, 4.69) is 12.2 Å². The smallest absolute Gasteiger partial charge is 0.119 e. The summed E-state index contributed by atoms with van der Waals surface area (Å²) in [6.45, 7) is 5.75. The van der Waals surface area contributed by atoms with Crippen LogP contribution in [0.4, 0.5) is 0 Å². The van der Waals surface area contributed by atoms with Crippen LogP contribution in [0.3, 0.4) is 0 Å². The normalized spacial score (nSPS) is 25.6. The Hall–Kier alpha value is -1.26. The Morgan fingerprint density at radius 1 is 1.25 bits per heavy atom. The van der Waals surface area contributed by atoms with Crippen molar-refractivity contribution in [2.24, 2.45) is 0 Å². The van der Waals surface area contributed by atoms with Gasteiger partial charge in [0.15, 0.2) is 0 Å². The van der Waals surface area contributed by atoms with Crippen molar-refractivity contribution in [1.82, 2.24) is 5.32 Å². The van der Waals surface area contributed by atoms with Crippen LogP contribution in [-0.4, -0.2) is 36.5 Å². The summed E-state index contributed by atoms with van der Waals surface area (Å²) in [5, 5.41) is 13.0. The fraction of sp³-hybridized carbons (Fsp3) is 0.625. The maximum Gasteiger partial charge on any atom is 0.119 e. The van der Waals surface area contributed by atoms with E-state index in [0.717, 1.165) is 37.3 Å². The van der Waals surface area contributed by atoms with E-state index in [-0.39, 0.29) is 18.2 Å². The Morgan fingerprint density at radius 3 is 2.55 bits per heavy atom. The number of likely N-dealkylation sites (N-methyl/N-ethyl adjacent to an activating group) is 1. The molecule has 112 valence electrons. The Bertz CT molecular complexity index is 407. The summed E-state index contributed by atoms with van der Waals surface area (Å²) in [6, 6.07) is 7.74. The number of hydrogen-bond donors (Lipinski definition) is 2. The summed E-state index contributed by atoms with van der Waals surface area (Å²) in [7, 11) is 0. The molecule has 1 saturated carbocycles. The number of hydrogen-bond acceptors (Lipinski definition) is 4. The molecule has 0 aromatic heterocycles. The van der Waals surface area contributed by atoms with Gasteiger partial charge < -0.3 is 19.9 Å². The Balaban J connectivity index is 1.91. The van der Waals surface area contributed by atoms with Crippen molar-refractivity contribution in [2.75, 3.05) is 19.8 Å². The summed E-state index contributed by atoms with van der Waals surface area (Å²) < 4.78 is 11.4. The van der Waals surface area contributed by atoms with Crippen molar-refractivity contribution < 1.29 is 14.6 Å². The Kier molecular flexibility index (Phi) is 5.26. The number of aliphatic hydroxyl groups is 1. The van der Waals surface area contributed by atoms with Crippen molar-refractivity contribution in [3.05, 3.63) is 24.3 Å². The third-order valence-corrected chi connectivity index (χ3v) is 3.86. The second-order valence-electron chi connectivity index (χ2n) is 5.36. The monoisotopic (exact) mass is 279 g/mol. The van der Waals surface area contributed by atoms with Crippen LogP contribution < -0.4 is 14.8 Å². The van der Waals surface area contributed by atoms with E-state index < -0.39 is 0 Å². The highest BCUT2D eigenvalue weighted by Gasteiger charge is 2.39. The van der Waals surface area contributed by atoms with Crippen molar-refractivity contribution in [3.8, 4) is 11.5 Å². The van der Waals surface area contributed by atoms with E-state index in [4.69, 9.17) is 9.47 Å². The lowest BCUT2D eigenvalue weighted by atomic mass is 9.99. The lowest BCUT2D eigenvalue weighted by molar-refractivity contribution is 0.142. The minimum atomic E-state index is -0.162. The zero-order valence-corrected chi connectivity index (χ0v) is 12.4. The van der Waals surface area contributed by atoms with Crippen LogP contribution >= 0.6 is 0 Å². The first-order valence-electron chi connectivity index (χ1n) is 7.47. The van der Waals surface area contributed by atoms with E-state index in [1.54, 1.807) is 0 Å². The van der Waals surface area contributed by atoms with Crippen LogP contribution in [-0.2, 0) is 0 Å². The van der Waals surface area contributed by atoms with Crippen LogP contribution in [0.25, 0.3) is 0 Å². The lowest BCUT2D eigenvalue weighted by Gasteiger charge is -2.27. The molecular formula is C16H25NO3. The highest BCUT2D eigenvalue weighted by Crippen LogP contribution is 2.32. The zero-order chi connectivity index (χ0) is 14.4. The Labute approximate surface area is 121 Å². The predicted molar refractivity (Wildman–Crippen MR) is 79.4 cm³/mol. The maximum absolute atomic E-state index is 9.59. The molecule has 2 N–H and O–H groups in total. The number of ether oxygens (including phenoxy) is 2. The van der Waals surface area contributed by atoms with Gasteiger partial charge in [-0.15, -0.1) is 0 Å². The van der Waals surface area contributed by atoms with Gasteiger partial charge in [-0.25, -0.2) is 0 Å². The summed E-state index contributed by atoms with van der Waals surface area (Å²) in [4.78, 5) is 0. The molecule has 20 heavy (non-hydrogen) atoms. The van der Waals surface area contributed by atoms with Gasteiger partial charge in [0.25, 0.3) is 0 Å². The third kappa shape index (κ3) is 3.64. The number of aliphatic hydroxyl groups excluding tert-OH is 1. The minimum Gasteiger partial charge on any atom is -0.494 e. The SMILES string of the molecule is CCNC1(CO)CCC(Oc2ccc(OCC)cc2)C1. The largest absolute Gasteiger partial charge is 0.494 e. The number of nitrogens with one attached hydrogen (secondary N) is 1. The standard InChI is InChI=1S/C16H25NO3/c1-3-17-16(12-18)10-9-15(11-16)20-14-7-5-13(6-8-14)19-4-2/h5-8,15,17-18H,3-4,9-12H2,1-2H3. The predicted octanol–water partition coefficient (Wildman–Crippen LogP) is 2.36. The van der Waals surface area contributed by atoms with E-state index in [0.29, 0.717) is 6.61 Å². The van der Waals surface area contributed by atoms with Gasteiger partial charge in [0.05, 0.1) is 13.2 Å². The highest BCUT2D eigenvalue weighted by molar-refractivity contribution is 5.31. The van der Waals surface area contributed by atoms with E-state index in [1.165, 1.54) is 0 Å². The molecule has 1 aromatic rings. The van der Waals surface area contributed by atoms with Crippen molar-refractivity contribution in [2.45, 2.75) is 44.8 Å². The maximum atomic E-state index is 9.59. The molecule has 0 amide bonds. The number of rotatable bonds is 7. The van der Waals surface area contributed by atoms with Crippen molar-refractivity contribution >= 4 is 0 Å². The van der Waals surface area contributed by atoms with Gasteiger partial charge in [0, 0.05) is 12.0 Å². The van der Waals surface area contributed by atoms with Gasteiger partial charge >= 0.3 is 0 Å². The molecule has 4 heteroatoms. The minimum absolute atomic E-state index is 0.162. The van der Waals surface area contributed by atoms with E-state index in [1.807, 2.05) is 31.2 Å². The van der Waals surface area contributed by atoms with E-state index >= 15 is 0 Å². The molecule has 0 saturated heterocycles. The first-order valence-corrected chi connectivity index (χ1v) is 7.47. The molecule has 1 aromatic carbocycles. The zero-order valence-electron chi connectivity index (χ0n) is 12.4. The first-order chi connectivity index (χ1) is 9.71. The van der Waals surface area contributed by atoms with Crippen LogP contribution in [0.15, 0.2) is 24.3 Å². The fourth-order valence-corrected chi connectivity index (χ4v) is 2.89. The lowest BCUT2D eigenvalue weighted by Crippen LogP contribution is -2.46. The van der Waals surface area contributed by atoms with Gasteiger partial charge in [-0.1, -0.05) is 6.92 Å². The molecule has 4 nitrogen and oxygen atoms in total.